The van der Waals surface area contributed by atoms with Crippen LogP contribution in [0.15, 0.2) is 18.3 Å². The molecule has 7 heteroatoms. The quantitative estimate of drug-likeness (QED) is 0.759. The maximum absolute atomic E-state index is 11.5. The Morgan fingerprint density at radius 3 is 2.83 bits per heavy atom. The number of fused-ring (bicyclic) bond motifs is 1. The number of aromatic nitrogens is 2. The number of methoxy groups -OCH3 is 1. The molecule has 2 rings (SSSR count). The first-order valence-corrected chi connectivity index (χ1v) is 5.09. The molecule has 2 aromatic rings. The number of pyridine rings is 1. The summed E-state index contributed by atoms with van der Waals surface area (Å²) in [6.45, 7) is 0. The fourth-order valence-electron chi connectivity index (χ4n) is 1.67. The van der Waals surface area contributed by atoms with E-state index in [0.29, 0.717) is 11.2 Å². The number of carbonyl (C=O) groups excluding carboxylic acids is 1. The number of nitrogens with zero attached hydrogens (tertiary/aromatic N) is 2. The van der Waals surface area contributed by atoms with Gasteiger partial charge in [-0.2, -0.15) is 0 Å². The van der Waals surface area contributed by atoms with E-state index in [-0.39, 0.29) is 17.9 Å². The molecule has 0 atom stereocenters. The lowest BCUT2D eigenvalue weighted by Crippen LogP contribution is -2.05. The molecule has 2 aromatic heterocycles. The first-order chi connectivity index (χ1) is 8.52. The van der Waals surface area contributed by atoms with Crippen molar-refractivity contribution in [1.82, 2.24) is 9.38 Å². The van der Waals surface area contributed by atoms with E-state index >= 15 is 0 Å². The summed E-state index contributed by atoms with van der Waals surface area (Å²) in [5, 5.41) is 8.80. The Labute approximate surface area is 102 Å². The zero-order valence-electron chi connectivity index (χ0n) is 9.58. The van der Waals surface area contributed by atoms with Gasteiger partial charge in [-0.15, -0.1) is 0 Å². The van der Waals surface area contributed by atoms with Gasteiger partial charge in [0.05, 0.1) is 12.6 Å². The number of carboxylic acids is 1. The predicted molar refractivity (Wildman–Crippen MR) is 62.3 cm³/mol. The van der Waals surface area contributed by atoms with Crippen molar-refractivity contribution < 1.29 is 19.4 Å². The summed E-state index contributed by atoms with van der Waals surface area (Å²) in [5.74, 6) is -1.43. The van der Waals surface area contributed by atoms with Crippen LogP contribution in [0.5, 0.6) is 0 Å². The molecule has 0 unspecified atom stereocenters. The third-order valence-electron chi connectivity index (χ3n) is 2.42. The first-order valence-electron chi connectivity index (χ1n) is 5.09. The Morgan fingerprint density at radius 2 is 2.22 bits per heavy atom. The zero-order chi connectivity index (χ0) is 13.3. The van der Waals surface area contributed by atoms with E-state index in [4.69, 9.17) is 10.8 Å². The second-order valence-corrected chi connectivity index (χ2v) is 3.66. The minimum atomic E-state index is -1.04. The van der Waals surface area contributed by atoms with Crippen molar-refractivity contribution in [3.63, 3.8) is 0 Å². The summed E-state index contributed by atoms with van der Waals surface area (Å²) < 4.78 is 6.08. The fourth-order valence-corrected chi connectivity index (χ4v) is 1.67. The highest BCUT2D eigenvalue weighted by molar-refractivity contribution is 5.95. The third-order valence-corrected chi connectivity index (χ3v) is 2.42. The van der Waals surface area contributed by atoms with Gasteiger partial charge in [0.1, 0.15) is 12.2 Å². The molecular weight excluding hydrogens is 238 g/mol. The van der Waals surface area contributed by atoms with Crippen LogP contribution in [0.25, 0.3) is 5.52 Å². The summed E-state index contributed by atoms with van der Waals surface area (Å²) in [7, 11) is 1.24. The zero-order valence-corrected chi connectivity index (χ0v) is 9.58. The molecule has 18 heavy (non-hydrogen) atoms. The number of nitrogens with two attached hydrogens (primary N) is 1. The van der Waals surface area contributed by atoms with Crippen molar-refractivity contribution in [2.75, 3.05) is 12.8 Å². The van der Waals surface area contributed by atoms with Gasteiger partial charge in [-0.3, -0.25) is 4.79 Å². The van der Waals surface area contributed by atoms with Gasteiger partial charge in [-0.25, -0.2) is 9.78 Å². The molecular formula is C11H11N3O4. The van der Waals surface area contributed by atoms with Gasteiger partial charge in [0.2, 0.25) is 0 Å². The van der Waals surface area contributed by atoms with Crippen LogP contribution in [0.3, 0.4) is 0 Å². The standard InChI is InChI=1S/C11H11N3O4/c1-18-11(17)10-7-3-2-6(12)5-14(7)8(13-10)4-9(15)16/h2-3,5H,4,12H2,1H3,(H,15,16). The number of esters is 1. The van der Waals surface area contributed by atoms with Gasteiger partial charge in [-0.1, -0.05) is 0 Å². The van der Waals surface area contributed by atoms with Crippen LogP contribution in [0.1, 0.15) is 16.3 Å². The number of aliphatic carboxylic acids is 1. The van der Waals surface area contributed by atoms with Gasteiger partial charge in [0, 0.05) is 11.9 Å². The van der Waals surface area contributed by atoms with Crippen molar-refractivity contribution in [3.05, 3.63) is 29.8 Å². The molecule has 0 aromatic carbocycles. The summed E-state index contributed by atoms with van der Waals surface area (Å²) in [6.07, 6.45) is 1.22. The minimum absolute atomic E-state index is 0.0775. The Balaban J connectivity index is 2.66. The van der Waals surface area contributed by atoms with E-state index in [1.807, 2.05) is 0 Å². The molecule has 0 spiro atoms. The van der Waals surface area contributed by atoms with E-state index < -0.39 is 11.9 Å². The maximum atomic E-state index is 11.5. The van der Waals surface area contributed by atoms with Crippen molar-refractivity contribution in [3.8, 4) is 0 Å². The van der Waals surface area contributed by atoms with E-state index in [1.165, 1.54) is 17.7 Å². The molecule has 0 aliphatic carbocycles. The molecule has 0 radical (unpaired) electrons. The lowest BCUT2D eigenvalue weighted by Gasteiger charge is -2.00. The summed E-state index contributed by atoms with van der Waals surface area (Å²) in [6, 6.07) is 3.20. The van der Waals surface area contributed by atoms with Gasteiger partial charge in [0.25, 0.3) is 0 Å². The smallest absolute Gasteiger partial charge is 0.358 e. The normalized spacial score (nSPS) is 10.5. The Bertz CT molecular complexity index is 632. The highest BCUT2D eigenvalue weighted by atomic mass is 16.5. The van der Waals surface area contributed by atoms with Crippen molar-refractivity contribution in [1.29, 1.82) is 0 Å². The Hall–Kier alpha value is -2.57. The molecule has 0 bridgehead atoms. The van der Waals surface area contributed by atoms with Gasteiger partial charge in [0.15, 0.2) is 5.69 Å². The molecule has 0 fully saturated rings. The van der Waals surface area contributed by atoms with Crippen molar-refractivity contribution in [2.24, 2.45) is 0 Å². The Morgan fingerprint density at radius 1 is 1.50 bits per heavy atom. The predicted octanol–water partition coefficient (Wildman–Crippen LogP) is 0.330. The van der Waals surface area contributed by atoms with Gasteiger partial charge in [-0.05, 0) is 12.1 Å². The second kappa shape index (κ2) is 4.36. The largest absolute Gasteiger partial charge is 0.481 e. The number of carboxylic acid groups (broad SMARTS) is 1. The molecule has 0 aliphatic heterocycles. The lowest BCUT2D eigenvalue weighted by atomic mass is 10.3. The number of hydrogen-bond donors (Lipinski definition) is 2. The van der Waals surface area contributed by atoms with Crippen LogP contribution < -0.4 is 5.73 Å². The van der Waals surface area contributed by atoms with E-state index in [1.54, 1.807) is 12.1 Å². The number of hydrogen-bond acceptors (Lipinski definition) is 5. The van der Waals surface area contributed by atoms with Crippen molar-refractivity contribution in [2.45, 2.75) is 6.42 Å². The summed E-state index contributed by atoms with van der Waals surface area (Å²) in [5.41, 5.74) is 6.62. The van der Waals surface area contributed by atoms with Crippen LogP contribution in [0, 0.1) is 0 Å². The molecule has 0 saturated carbocycles. The van der Waals surface area contributed by atoms with Crippen molar-refractivity contribution >= 4 is 23.1 Å². The monoisotopic (exact) mass is 249 g/mol. The number of imidazole rings is 1. The minimum Gasteiger partial charge on any atom is -0.481 e. The Kier molecular flexibility index (Phi) is 2.88. The summed E-state index contributed by atoms with van der Waals surface area (Å²) in [4.78, 5) is 26.3. The van der Waals surface area contributed by atoms with E-state index in [2.05, 4.69) is 9.72 Å². The maximum Gasteiger partial charge on any atom is 0.358 e. The SMILES string of the molecule is COC(=O)c1nc(CC(=O)O)n2cc(N)ccc12. The van der Waals surface area contributed by atoms with Crippen LogP contribution in [-0.2, 0) is 16.0 Å². The summed E-state index contributed by atoms with van der Waals surface area (Å²) >= 11 is 0. The van der Waals surface area contributed by atoms with Gasteiger partial charge >= 0.3 is 11.9 Å². The molecule has 3 N–H and O–H groups in total. The first kappa shape index (κ1) is 11.9. The number of rotatable bonds is 3. The average molecular weight is 249 g/mol. The lowest BCUT2D eigenvalue weighted by molar-refractivity contribution is -0.136. The molecule has 2 heterocycles. The molecule has 94 valence electrons. The van der Waals surface area contributed by atoms with Crippen LogP contribution >= 0.6 is 0 Å². The highest BCUT2D eigenvalue weighted by Gasteiger charge is 2.19. The van der Waals surface area contributed by atoms with Gasteiger partial charge < -0.3 is 20.0 Å². The number of carbonyl (C=O) groups is 2. The number of anilines is 1. The topological polar surface area (TPSA) is 107 Å². The van der Waals surface area contributed by atoms with Crippen LogP contribution in [-0.4, -0.2) is 33.5 Å². The highest BCUT2D eigenvalue weighted by Crippen LogP contribution is 2.17. The fraction of sp³-hybridized carbons (Fsp3) is 0.182. The molecule has 0 amide bonds. The van der Waals surface area contributed by atoms with E-state index in [9.17, 15) is 9.59 Å². The number of ether oxygens (including phenoxy) is 1. The number of nitrogen functional groups attached to an aromatic ring is 1. The second-order valence-electron chi connectivity index (χ2n) is 3.66. The average Bonchev–Trinajstić information content (AvgIpc) is 2.66. The molecule has 0 saturated heterocycles. The van der Waals surface area contributed by atoms with E-state index in [0.717, 1.165) is 0 Å². The third kappa shape index (κ3) is 1.97. The molecule has 0 aliphatic rings. The van der Waals surface area contributed by atoms with Crippen LogP contribution in [0.4, 0.5) is 5.69 Å². The van der Waals surface area contributed by atoms with Crippen LogP contribution in [0.2, 0.25) is 0 Å². The molecule has 7 nitrogen and oxygen atoms in total.